The molecule has 0 aliphatic heterocycles. The summed E-state index contributed by atoms with van der Waals surface area (Å²) in [6.45, 7) is 3.76. The van der Waals surface area contributed by atoms with Gasteiger partial charge in [0.1, 0.15) is 11.6 Å². The van der Waals surface area contributed by atoms with Crippen LogP contribution in [0.3, 0.4) is 0 Å². The summed E-state index contributed by atoms with van der Waals surface area (Å²) in [4.78, 5) is 16.0. The van der Waals surface area contributed by atoms with Gasteiger partial charge >= 0.3 is 0 Å². The maximum Gasteiger partial charge on any atom is 0.198 e. The van der Waals surface area contributed by atoms with Gasteiger partial charge in [0.15, 0.2) is 5.78 Å². The number of carbonyl (C=O) groups is 1. The van der Waals surface area contributed by atoms with E-state index in [2.05, 4.69) is 4.98 Å². The normalized spacial score (nSPS) is 10.5. The first-order valence-electron chi connectivity index (χ1n) is 5.99. The molecule has 2 aromatic rings. The number of hydrogen-bond acceptors (Lipinski definition) is 3. The zero-order valence-electron chi connectivity index (χ0n) is 10.8. The zero-order chi connectivity index (χ0) is 13.8. The molecular formula is C15H14FNO2. The van der Waals surface area contributed by atoms with Crippen molar-refractivity contribution >= 4 is 5.78 Å². The molecule has 1 aromatic carbocycles. The SMILES string of the molecule is CC(C)Oc1ccccc1C(=O)c1cncc(F)c1. The van der Waals surface area contributed by atoms with E-state index in [1.165, 1.54) is 12.3 Å². The molecule has 0 aliphatic carbocycles. The topological polar surface area (TPSA) is 39.2 Å². The van der Waals surface area contributed by atoms with Crippen molar-refractivity contribution in [1.29, 1.82) is 0 Å². The molecule has 1 aromatic heterocycles. The zero-order valence-corrected chi connectivity index (χ0v) is 10.8. The second kappa shape index (κ2) is 5.61. The Balaban J connectivity index is 2.39. The third kappa shape index (κ3) is 3.16. The van der Waals surface area contributed by atoms with Crippen molar-refractivity contribution in [2.24, 2.45) is 0 Å². The van der Waals surface area contributed by atoms with Crippen molar-refractivity contribution in [1.82, 2.24) is 4.98 Å². The van der Waals surface area contributed by atoms with Gasteiger partial charge in [0.05, 0.1) is 17.9 Å². The summed E-state index contributed by atoms with van der Waals surface area (Å²) in [5, 5.41) is 0. The van der Waals surface area contributed by atoms with Crippen LogP contribution in [0, 0.1) is 5.82 Å². The van der Waals surface area contributed by atoms with E-state index in [-0.39, 0.29) is 17.5 Å². The first-order valence-corrected chi connectivity index (χ1v) is 5.99. The Morgan fingerprint density at radius 2 is 2.00 bits per heavy atom. The van der Waals surface area contributed by atoms with Gasteiger partial charge in [0, 0.05) is 11.8 Å². The van der Waals surface area contributed by atoms with Crippen LogP contribution in [0.5, 0.6) is 5.75 Å². The van der Waals surface area contributed by atoms with Gasteiger partial charge in [-0.05, 0) is 32.0 Å². The van der Waals surface area contributed by atoms with E-state index in [4.69, 9.17) is 4.74 Å². The highest BCUT2D eigenvalue weighted by Crippen LogP contribution is 2.22. The van der Waals surface area contributed by atoms with E-state index in [1.54, 1.807) is 24.3 Å². The summed E-state index contributed by atoms with van der Waals surface area (Å²) in [5.74, 6) is -0.344. The Morgan fingerprint density at radius 1 is 1.26 bits per heavy atom. The molecule has 0 radical (unpaired) electrons. The Labute approximate surface area is 111 Å². The van der Waals surface area contributed by atoms with Crippen LogP contribution in [0.2, 0.25) is 0 Å². The van der Waals surface area contributed by atoms with E-state index in [9.17, 15) is 9.18 Å². The van der Waals surface area contributed by atoms with E-state index in [0.29, 0.717) is 11.3 Å². The molecule has 0 saturated carbocycles. The lowest BCUT2D eigenvalue weighted by Gasteiger charge is -2.13. The summed E-state index contributed by atoms with van der Waals surface area (Å²) >= 11 is 0. The number of ketones is 1. The molecule has 0 amide bonds. The summed E-state index contributed by atoms with van der Waals surface area (Å²) in [7, 11) is 0. The lowest BCUT2D eigenvalue weighted by atomic mass is 10.0. The van der Waals surface area contributed by atoms with Crippen LogP contribution in [0.4, 0.5) is 4.39 Å². The highest BCUT2D eigenvalue weighted by molar-refractivity contribution is 6.10. The molecular weight excluding hydrogens is 245 g/mol. The van der Waals surface area contributed by atoms with Crippen LogP contribution < -0.4 is 4.74 Å². The van der Waals surface area contributed by atoms with Gasteiger partial charge in [0.25, 0.3) is 0 Å². The lowest BCUT2D eigenvalue weighted by molar-refractivity contribution is 0.103. The standard InChI is InChI=1S/C15H14FNO2/c1-10(2)19-14-6-4-3-5-13(14)15(18)11-7-12(16)9-17-8-11/h3-10H,1-2H3. The molecule has 0 bridgehead atoms. The number of para-hydroxylation sites is 1. The van der Waals surface area contributed by atoms with Crippen LogP contribution in [-0.2, 0) is 0 Å². The highest BCUT2D eigenvalue weighted by atomic mass is 19.1. The lowest BCUT2D eigenvalue weighted by Crippen LogP contribution is -2.11. The summed E-state index contributed by atoms with van der Waals surface area (Å²) in [6.07, 6.45) is 2.37. The van der Waals surface area contributed by atoms with Crippen LogP contribution in [0.15, 0.2) is 42.7 Å². The molecule has 19 heavy (non-hydrogen) atoms. The van der Waals surface area contributed by atoms with E-state index < -0.39 is 5.82 Å². The molecule has 2 rings (SSSR count). The average molecular weight is 259 g/mol. The van der Waals surface area contributed by atoms with Crippen molar-refractivity contribution in [3.63, 3.8) is 0 Å². The second-order valence-corrected chi connectivity index (χ2v) is 4.38. The Morgan fingerprint density at radius 3 is 2.68 bits per heavy atom. The monoisotopic (exact) mass is 259 g/mol. The number of nitrogens with zero attached hydrogens (tertiary/aromatic N) is 1. The van der Waals surface area contributed by atoms with Gasteiger partial charge in [-0.3, -0.25) is 9.78 Å². The minimum atomic E-state index is -0.534. The maximum absolute atomic E-state index is 13.1. The highest BCUT2D eigenvalue weighted by Gasteiger charge is 2.15. The van der Waals surface area contributed by atoms with Crippen molar-refractivity contribution < 1.29 is 13.9 Å². The number of hydrogen-bond donors (Lipinski definition) is 0. The largest absolute Gasteiger partial charge is 0.490 e. The number of rotatable bonds is 4. The van der Waals surface area contributed by atoms with Crippen LogP contribution >= 0.6 is 0 Å². The minimum absolute atomic E-state index is 0.0421. The third-order valence-electron chi connectivity index (χ3n) is 2.46. The molecule has 3 nitrogen and oxygen atoms in total. The summed E-state index contributed by atoms with van der Waals surface area (Å²) in [6, 6.07) is 8.08. The predicted molar refractivity (Wildman–Crippen MR) is 69.8 cm³/mol. The Bertz CT molecular complexity index is 596. The summed E-state index contributed by atoms with van der Waals surface area (Å²) in [5.41, 5.74) is 0.614. The second-order valence-electron chi connectivity index (χ2n) is 4.38. The molecule has 0 N–H and O–H groups in total. The average Bonchev–Trinajstić information content (AvgIpc) is 2.38. The van der Waals surface area contributed by atoms with Gasteiger partial charge in [-0.2, -0.15) is 0 Å². The molecule has 4 heteroatoms. The number of aromatic nitrogens is 1. The van der Waals surface area contributed by atoms with Gasteiger partial charge in [-0.15, -0.1) is 0 Å². The number of benzene rings is 1. The van der Waals surface area contributed by atoms with Gasteiger partial charge in [0.2, 0.25) is 0 Å². The van der Waals surface area contributed by atoms with Gasteiger partial charge in [-0.25, -0.2) is 4.39 Å². The number of ether oxygens (including phenoxy) is 1. The van der Waals surface area contributed by atoms with Crippen molar-refractivity contribution in [3.05, 3.63) is 59.7 Å². The fourth-order valence-electron chi connectivity index (χ4n) is 1.70. The smallest absolute Gasteiger partial charge is 0.198 e. The minimum Gasteiger partial charge on any atom is -0.490 e. The molecule has 0 fully saturated rings. The maximum atomic E-state index is 13.1. The molecule has 0 saturated heterocycles. The van der Waals surface area contributed by atoms with Crippen molar-refractivity contribution in [3.8, 4) is 5.75 Å². The number of halogens is 1. The quantitative estimate of drug-likeness (QED) is 0.791. The third-order valence-corrected chi connectivity index (χ3v) is 2.46. The van der Waals surface area contributed by atoms with E-state index >= 15 is 0 Å². The van der Waals surface area contributed by atoms with Crippen LogP contribution in [0.25, 0.3) is 0 Å². The van der Waals surface area contributed by atoms with E-state index in [1.807, 2.05) is 13.8 Å². The molecule has 98 valence electrons. The molecule has 0 unspecified atom stereocenters. The Hall–Kier alpha value is -2.23. The molecule has 0 spiro atoms. The van der Waals surface area contributed by atoms with Crippen LogP contribution in [0.1, 0.15) is 29.8 Å². The molecule has 1 heterocycles. The fourth-order valence-corrected chi connectivity index (χ4v) is 1.70. The number of pyridine rings is 1. The molecule has 0 atom stereocenters. The number of carbonyl (C=O) groups excluding carboxylic acids is 1. The predicted octanol–water partition coefficient (Wildman–Crippen LogP) is 3.24. The fraction of sp³-hybridized carbons (Fsp3) is 0.200. The summed E-state index contributed by atoms with van der Waals surface area (Å²) < 4.78 is 18.7. The van der Waals surface area contributed by atoms with Gasteiger partial charge < -0.3 is 4.74 Å². The van der Waals surface area contributed by atoms with Crippen molar-refractivity contribution in [2.45, 2.75) is 20.0 Å². The Kier molecular flexibility index (Phi) is 3.90. The first kappa shape index (κ1) is 13.2. The van der Waals surface area contributed by atoms with E-state index in [0.717, 1.165) is 6.20 Å². The first-order chi connectivity index (χ1) is 9.08. The van der Waals surface area contributed by atoms with Gasteiger partial charge in [-0.1, -0.05) is 12.1 Å². The van der Waals surface area contributed by atoms with Crippen molar-refractivity contribution in [2.75, 3.05) is 0 Å². The molecule has 0 aliphatic rings. The van der Waals surface area contributed by atoms with Crippen LogP contribution in [-0.4, -0.2) is 16.9 Å².